The van der Waals surface area contributed by atoms with Crippen molar-refractivity contribution in [1.82, 2.24) is 24.5 Å². The first-order valence-electron chi connectivity index (χ1n) is 8.67. The van der Waals surface area contributed by atoms with Crippen molar-refractivity contribution >= 4 is 17.4 Å². The van der Waals surface area contributed by atoms with Crippen LogP contribution in [0.1, 0.15) is 49.9 Å². The molecule has 0 bridgehead atoms. The van der Waals surface area contributed by atoms with Gasteiger partial charge >= 0.3 is 0 Å². The molecule has 1 amide bonds. The average Bonchev–Trinajstić information content (AvgIpc) is 2.90. The van der Waals surface area contributed by atoms with Crippen molar-refractivity contribution in [3.8, 4) is 0 Å². The van der Waals surface area contributed by atoms with Crippen molar-refractivity contribution in [3.05, 3.63) is 10.8 Å². The van der Waals surface area contributed by atoms with Crippen LogP contribution in [0, 0.1) is 0 Å². The molecule has 7 heteroatoms. The van der Waals surface area contributed by atoms with E-state index in [0.29, 0.717) is 18.4 Å². The highest BCUT2D eigenvalue weighted by Crippen LogP contribution is 2.19. The molecule has 3 heterocycles. The third-order valence-electron chi connectivity index (χ3n) is 4.79. The molecular weight excluding hydrogens is 310 g/mol. The van der Waals surface area contributed by atoms with Gasteiger partial charge in [-0.3, -0.25) is 14.6 Å². The van der Waals surface area contributed by atoms with Crippen LogP contribution in [0.25, 0.3) is 0 Å². The van der Waals surface area contributed by atoms with Crippen LogP contribution in [0.15, 0.2) is 0 Å². The van der Waals surface area contributed by atoms with E-state index in [1.54, 1.807) is 11.5 Å². The number of aromatic nitrogens is 2. The summed E-state index contributed by atoms with van der Waals surface area (Å²) in [5.41, 5.74) is 0. The number of piperazine rings is 1. The Morgan fingerprint density at radius 1 is 1.26 bits per heavy atom. The molecule has 2 saturated heterocycles. The number of nitrogens with zero attached hydrogens (tertiary/aromatic N) is 4. The van der Waals surface area contributed by atoms with E-state index in [1.165, 1.54) is 0 Å². The highest BCUT2D eigenvalue weighted by atomic mass is 32.1. The Kier molecular flexibility index (Phi) is 5.61. The van der Waals surface area contributed by atoms with Gasteiger partial charge in [0.15, 0.2) is 0 Å². The quantitative estimate of drug-likeness (QED) is 0.901. The number of nitrogens with one attached hydrogen (secondary N) is 1. The highest BCUT2D eigenvalue weighted by Gasteiger charge is 2.26. The summed E-state index contributed by atoms with van der Waals surface area (Å²) in [6.45, 7) is 10.4. The summed E-state index contributed by atoms with van der Waals surface area (Å²) in [6.07, 6.45) is 2.76. The molecule has 2 aliphatic heterocycles. The first-order chi connectivity index (χ1) is 11.1. The molecule has 3 rings (SSSR count). The lowest BCUT2D eigenvalue weighted by atomic mass is 10.1. The van der Waals surface area contributed by atoms with Crippen LogP contribution in [0.3, 0.4) is 0 Å². The first-order valence-corrected chi connectivity index (χ1v) is 9.44. The van der Waals surface area contributed by atoms with Gasteiger partial charge in [-0.15, -0.1) is 0 Å². The SMILES string of the molecule is CC(C)c1nsc(CN2CCN(C3CCNC(=O)CC3)CC2)n1. The van der Waals surface area contributed by atoms with E-state index in [4.69, 9.17) is 0 Å². The zero-order valence-corrected chi connectivity index (χ0v) is 14.9. The molecule has 1 aromatic rings. The van der Waals surface area contributed by atoms with Gasteiger partial charge in [0.05, 0.1) is 6.54 Å². The minimum atomic E-state index is 0.211. The van der Waals surface area contributed by atoms with Gasteiger partial charge in [-0.05, 0) is 24.4 Å². The molecule has 1 unspecified atom stereocenters. The van der Waals surface area contributed by atoms with Gasteiger partial charge in [-0.2, -0.15) is 4.37 Å². The smallest absolute Gasteiger partial charge is 0.220 e. The first kappa shape index (κ1) is 16.8. The molecule has 0 aromatic carbocycles. The second-order valence-corrected chi connectivity index (χ2v) is 7.68. The van der Waals surface area contributed by atoms with Crippen molar-refractivity contribution in [3.63, 3.8) is 0 Å². The Bertz CT molecular complexity index is 524. The van der Waals surface area contributed by atoms with Crippen molar-refractivity contribution < 1.29 is 4.79 Å². The third kappa shape index (κ3) is 4.49. The Balaban J connectivity index is 1.47. The molecule has 23 heavy (non-hydrogen) atoms. The van der Waals surface area contributed by atoms with E-state index >= 15 is 0 Å². The van der Waals surface area contributed by atoms with E-state index in [0.717, 1.165) is 62.9 Å². The van der Waals surface area contributed by atoms with Crippen LogP contribution in [-0.4, -0.2) is 63.8 Å². The second-order valence-electron chi connectivity index (χ2n) is 6.84. The van der Waals surface area contributed by atoms with Crippen molar-refractivity contribution in [2.24, 2.45) is 0 Å². The van der Waals surface area contributed by atoms with Gasteiger partial charge < -0.3 is 5.32 Å². The topological polar surface area (TPSA) is 61.4 Å². The summed E-state index contributed by atoms with van der Waals surface area (Å²) < 4.78 is 4.44. The van der Waals surface area contributed by atoms with E-state index in [9.17, 15) is 4.79 Å². The number of carbonyl (C=O) groups is 1. The Morgan fingerprint density at radius 2 is 2.04 bits per heavy atom. The van der Waals surface area contributed by atoms with Crippen LogP contribution in [0.2, 0.25) is 0 Å². The maximum atomic E-state index is 11.5. The van der Waals surface area contributed by atoms with Crippen molar-refractivity contribution in [1.29, 1.82) is 0 Å². The number of carbonyl (C=O) groups excluding carboxylic acids is 1. The van der Waals surface area contributed by atoms with Crippen LogP contribution >= 0.6 is 11.5 Å². The van der Waals surface area contributed by atoms with Crippen molar-refractivity contribution in [2.45, 2.75) is 51.6 Å². The normalized spacial score (nSPS) is 24.7. The number of rotatable bonds is 4. The minimum Gasteiger partial charge on any atom is -0.356 e. The van der Waals surface area contributed by atoms with Crippen LogP contribution in [-0.2, 0) is 11.3 Å². The van der Waals surface area contributed by atoms with E-state index in [-0.39, 0.29) is 5.91 Å². The predicted octanol–water partition coefficient (Wildman–Crippen LogP) is 1.45. The molecular formula is C16H27N5OS. The summed E-state index contributed by atoms with van der Waals surface area (Å²) in [6, 6.07) is 0.560. The fraction of sp³-hybridized carbons (Fsp3) is 0.812. The lowest BCUT2D eigenvalue weighted by molar-refractivity contribution is -0.120. The average molecular weight is 337 g/mol. The molecule has 0 saturated carbocycles. The van der Waals surface area contributed by atoms with Gasteiger partial charge in [0.25, 0.3) is 0 Å². The Labute approximate surface area is 142 Å². The van der Waals surface area contributed by atoms with Crippen LogP contribution in [0.5, 0.6) is 0 Å². The highest BCUT2D eigenvalue weighted by molar-refractivity contribution is 7.05. The predicted molar refractivity (Wildman–Crippen MR) is 91.5 cm³/mol. The number of hydrogen-bond donors (Lipinski definition) is 1. The van der Waals surface area contributed by atoms with Gasteiger partial charge in [0.2, 0.25) is 5.91 Å². The number of amides is 1. The van der Waals surface area contributed by atoms with E-state index < -0.39 is 0 Å². The maximum Gasteiger partial charge on any atom is 0.220 e. The van der Waals surface area contributed by atoms with Gasteiger partial charge in [0, 0.05) is 51.1 Å². The fourth-order valence-corrected chi connectivity index (χ4v) is 4.14. The molecule has 0 radical (unpaired) electrons. The van der Waals surface area contributed by atoms with Crippen LogP contribution in [0.4, 0.5) is 0 Å². The van der Waals surface area contributed by atoms with E-state index in [1.807, 2.05) is 0 Å². The minimum absolute atomic E-state index is 0.211. The molecule has 6 nitrogen and oxygen atoms in total. The molecule has 1 aromatic heterocycles. The number of hydrogen-bond acceptors (Lipinski definition) is 6. The van der Waals surface area contributed by atoms with Gasteiger partial charge in [-0.25, -0.2) is 4.98 Å². The molecule has 1 atom stereocenters. The van der Waals surface area contributed by atoms with E-state index in [2.05, 4.69) is 38.3 Å². The Morgan fingerprint density at radius 3 is 2.74 bits per heavy atom. The van der Waals surface area contributed by atoms with Gasteiger partial charge in [0.1, 0.15) is 10.8 Å². The molecule has 2 aliphatic rings. The second kappa shape index (κ2) is 7.68. The zero-order valence-electron chi connectivity index (χ0n) is 14.1. The summed E-state index contributed by atoms with van der Waals surface area (Å²) in [4.78, 5) is 21.1. The maximum absolute atomic E-state index is 11.5. The lowest BCUT2D eigenvalue weighted by Gasteiger charge is -2.38. The van der Waals surface area contributed by atoms with Crippen LogP contribution < -0.4 is 5.32 Å². The zero-order chi connectivity index (χ0) is 16.2. The fourth-order valence-electron chi connectivity index (χ4n) is 3.32. The standard InChI is InChI=1S/C16H27N5OS/c1-12(2)16-18-15(23-19-16)11-20-7-9-21(10-8-20)13-3-4-14(22)17-6-5-13/h12-13H,3-11H2,1-2H3,(H,17,22). The molecule has 1 N–H and O–H groups in total. The third-order valence-corrected chi connectivity index (χ3v) is 5.50. The van der Waals surface area contributed by atoms with Crippen molar-refractivity contribution in [2.75, 3.05) is 32.7 Å². The molecule has 128 valence electrons. The summed E-state index contributed by atoms with van der Waals surface area (Å²) in [7, 11) is 0. The largest absolute Gasteiger partial charge is 0.356 e. The Hall–Kier alpha value is -1.05. The summed E-state index contributed by atoms with van der Waals surface area (Å²) in [5.74, 6) is 1.59. The van der Waals surface area contributed by atoms with Gasteiger partial charge in [-0.1, -0.05) is 13.8 Å². The molecule has 2 fully saturated rings. The summed E-state index contributed by atoms with van der Waals surface area (Å²) in [5, 5.41) is 4.11. The molecule has 0 spiro atoms. The summed E-state index contributed by atoms with van der Waals surface area (Å²) >= 11 is 1.54. The molecule has 0 aliphatic carbocycles. The lowest BCUT2D eigenvalue weighted by Crippen LogP contribution is -2.50. The monoisotopic (exact) mass is 337 g/mol.